The number of amides is 1. The number of rotatable bonds is 5. The van der Waals surface area contributed by atoms with Crippen molar-refractivity contribution >= 4 is 23.2 Å². The summed E-state index contributed by atoms with van der Waals surface area (Å²) in [5.74, 6) is 0.164. The normalized spacial score (nSPS) is 21.3. The molecule has 1 N–H and O–H groups in total. The molecule has 0 radical (unpaired) electrons. The van der Waals surface area contributed by atoms with Gasteiger partial charge in [-0.15, -0.1) is 0 Å². The summed E-state index contributed by atoms with van der Waals surface area (Å²) in [6, 6.07) is 11.4. The van der Waals surface area contributed by atoms with E-state index in [2.05, 4.69) is 10.3 Å². The van der Waals surface area contributed by atoms with E-state index >= 15 is 0 Å². The third-order valence-corrected chi connectivity index (χ3v) is 7.92. The third-order valence-electron chi connectivity index (χ3n) is 7.69. The summed E-state index contributed by atoms with van der Waals surface area (Å²) in [5, 5.41) is 3.06. The lowest BCUT2D eigenvalue weighted by Crippen LogP contribution is -2.58. The Labute approximate surface area is 224 Å². The average Bonchev–Trinajstić information content (AvgIpc) is 2.91. The van der Waals surface area contributed by atoms with Crippen LogP contribution in [-0.4, -0.2) is 42.1 Å². The number of halogens is 4. The molecule has 0 saturated carbocycles. The molecule has 0 aliphatic carbocycles. The number of pyridine rings is 2. The number of anilines is 1. The Morgan fingerprint density at radius 2 is 2.03 bits per heavy atom. The fourth-order valence-corrected chi connectivity index (χ4v) is 6.02. The maximum atomic E-state index is 13.9. The maximum Gasteiger partial charge on any atom is 0.418 e. The van der Waals surface area contributed by atoms with E-state index in [1.165, 1.54) is 12.1 Å². The number of benzene rings is 1. The zero-order chi connectivity index (χ0) is 27.1. The number of alkyl halides is 3. The summed E-state index contributed by atoms with van der Waals surface area (Å²) in [5.41, 5.74) is 1.40. The minimum absolute atomic E-state index is 0.0163. The predicted octanol–water partition coefficient (Wildman–Crippen LogP) is 6.13. The maximum absolute atomic E-state index is 13.9. The molecule has 38 heavy (non-hydrogen) atoms. The van der Waals surface area contributed by atoms with Crippen molar-refractivity contribution in [3.05, 3.63) is 70.5 Å². The molecule has 200 valence electrons. The molecule has 6 nitrogen and oxygen atoms in total. The lowest BCUT2D eigenvalue weighted by Gasteiger charge is -2.51. The van der Waals surface area contributed by atoms with Crippen LogP contribution in [0.2, 0.25) is 5.02 Å². The molecule has 1 amide bonds. The standard InChI is InChI=1S/C28H28ClF3N4O2/c1-3-17-15-36(23-10-7-18(29)14-21(23)28(30,31)32)13-11-27(17)16-34-25(37)24-20(27)8-9-22(35-24)19-6-5-12-33-26(19)38-4-2/h5-10,12,14,17H,3-4,11,13,15-16H2,1-2H3,(H,34,37)/t17-,27+/m1/s1. The lowest BCUT2D eigenvalue weighted by atomic mass is 9.63. The van der Waals surface area contributed by atoms with Gasteiger partial charge in [-0.2, -0.15) is 13.2 Å². The second kappa shape index (κ2) is 10.1. The highest BCUT2D eigenvalue weighted by molar-refractivity contribution is 6.30. The van der Waals surface area contributed by atoms with Crippen LogP contribution >= 0.6 is 11.6 Å². The molecule has 1 saturated heterocycles. The van der Waals surface area contributed by atoms with Gasteiger partial charge in [-0.05, 0) is 61.2 Å². The highest BCUT2D eigenvalue weighted by atomic mass is 35.5. The fourth-order valence-electron chi connectivity index (χ4n) is 5.85. The Balaban J connectivity index is 1.52. The summed E-state index contributed by atoms with van der Waals surface area (Å²) in [4.78, 5) is 23.8. The molecule has 2 aromatic heterocycles. The molecule has 2 aliphatic heterocycles. The summed E-state index contributed by atoms with van der Waals surface area (Å²) in [6.45, 7) is 5.57. The van der Waals surface area contributed by atoms with Crippen LogP contribution in [0.5, 0.6) is 5.88 Å². The third kappa shape index (κ3) is 4.57. The van der Waals surface area contributed by atoms with Crippen LogP contribution in [0.3, 0.4) is 0 Å². The van der Waals surface area contributed by atoms with Crippen LogP contribution in [0.25, 0.3) is 11.3 Å². The number of ether oxygens (including phenoxy) is 1. The predicted molar refractivity (Wildman–Crippen MR) is 140 cm³/mol. The minimum atomic E-state index is -4.52. The number of nitrogens with zero attached hydrogens (tertiary/aromatic N) is 3. The van der Waals surface area contributed by atoms with Crippen molar-refractivity contribution in [3.63, 3.8) is 0 Å². The Morgan fingerprint density at radius 1 is 1.21 bits per heavy atom. The summed E-state index contributed by atoms with van der Waals surface area (Å²) >= 11 is 5.91. The largest absolute Gasteiger partial charge is 0.477 e. The molecule has 3 aromatic rings. The first-order chi connectivity index (χ1) is 18.2. The van der Waals surface area contributed by atoms with Gasteiger partial charge < -0.3 is 15.0 Å². The van der Waals surface area contributed by atoms with Crippen molar-refractivity contribution in [2.24, 2.45) is 5.92 Å². The smallest absolute Gasteiger partial charge is 0.418 e. The van der Waals surface area contributed by atoms with E-state index in [4.69, 9.17) is 21.3 Å². The number of hydrogen-bond donors (Lipinski definition) is 1. The van der Waals surface area contributed by atoms with Gasteiger partial charge in [0.05, 0.1) is 23.4 Å². The minimum Gasteiger partial charge on any atom is -0.477 e. The van der Waals surface area contributed by atoms with Gasteiger partial charge in [-0.3, -0.25) is 4.79 Å². The van der Waals surface area contributed by atoms with Crippen LogP contribution in [0.1, 0.15) is 48.3 Å². The molecular weight excluding hydrogens is 517 g/mol. The number of aromatic nitrogens is 2. The van der Waals surface area contributed by atoms with Gasteiger partial charge in [0.2, 0.25) is 5.88 Å². The van der Waals surface area contributed by atoms with E-state index in [0.717, 1.165) is 18.1 Å². The van der Waals surface area contributed by atoms with Crippen LogP contribution in [0.15, 0.2) is 48.7 Å². The van der Waals surface area contributed by atoms with Gasteiger partial charge in [0.25, 0.3) is 5.91 Å². The van der Waals surface area contributed by atoms with Gasteiger partial charge in [0, 0.05) is 42.0 Å². The number of carbonyl (C=O) groups excluding carboxylic acids is 1. The topological polar surface area (TPSA) is 67.3 Å². The van der Waals surface area contributed by atoms with Crippen LogP contribution < -0.4 is 15.0 Å². The number of hydrogen-bond acceptors (Lipinski definition) is 5. The first kappa shape index (κ1) is 26.3. The van der Waals surface area contributed by atoms with Crippen LogP contribution in [0, 0.1) is 5.92 Å². The van der Waals surface area contributed by atoms with E-state index < -0.39 is 17.2 Å². The zero-order valence-corrected chi connectivity index (χ0v) is 21.9. The number of piperidine rings is 1. The van der Waals surface area contributed by atoms with Crippen molar-refractivity contribution < 1.29 is 22.7 Å². The molecule has 2 aliphatic rings. The Kier molecular flexibility index (Phi) is 6.98. The van der Waals surface area contributed by atoms with E-state index in [9.17, 15) is 18.0 Å². The first-order valence-corrected chi connectivity index (χ1v) is 13.1. The number of fused-ring (bicyclic) bond motifs is 2. The molecule has 1 aromatic carbocycles. The van der Waals surface area contributed by atoms with Gasteiger partial charge in [-0.25, -0.2) is 9.97 Å². The quantitative estimate of drug-likeness (QED) is 0.418. The molecule has 10 heteroatoms. The zero-order valence-electron chi connectivity index (χ0n) is 21.1. The molecular formula is C28H28ClF3N4O2. The van der Waals surface area contributed by atoms with Crippen LogP contribution in [-0.2, 0) is 11.6 Å². The van der Waals surface area contributed by atoms with E-state index in [1.54, 1.807) is 17.2 Å². The Morgan fingerprint density at radius 3 is 2.76 bits per heavy atom. The second-order valence-corrected chi connectivity index (χ2v) is 10.1. The molecule has 1 fully saturated rings. The van der Waals surface area contributed by atoms with Crippen molar-refractivity contribution in [1.29, 1.82) is 0 Å². The van der Waals surface area contributed by atoms with Crippen molar-refractivity contribution in [2.45, 2.75) is 38.3 Å². The summed E-state index contributed by atoms with van der Waals surface area (Å²) in [6.07, 6.45) is -1.59. The number of nitrogens with one attached hydrogen (secondary N) is 1. The molecule has 4 heterocycles. The lowest BCUT2D eigenvalue weighted by molar-refractivity contribution is -0.137. The van der Waals surface area contributed by atoms with Gasteiger partial charge in [-0.1, -0.05) is 31.0 Å². The van der Waals surface area contributed by atoms with Crippen molar-refractivity contribution in [2.75, 3.05) is 31.1 Å². The van der Waals surface area contributed by atoms with E-state index in [0.29, 0.717) is 55.5 Å². The first-order valence-electron chi connectivity index (χ1n) is 12.7. The molecule has 0 unspecified atom stereocenters. The highest BCUT2D eigenvalue weighted by Gasteiger charge is 2.49. The van der Waals surface area contributed by atoms with Gasteiger partial charge >= 0.3 is 6.18 Å². The molecule has 0 bridgehead atoms. The number of carbonyl (C=O) groups is 1. The van der Waals surface area contributed by atoms with Crippen molar-refractivity contribution in [3.8, 4) is 17.1 Å². The van der Waals surface area contributed by atoms with Crippen molar-refractivity contribution in [1.82, 2.24) is 15.3 Å². The SMILES string of the molecule is CCOc1ncccc1-c1ccc2c(n1)C(=O)NC[C@]21CCN(c2ccc(Cl)cc2C(F)(F)F)C[C@H]1CC. The summed E-state index contributed by atoms with van der Waals surface area (Å²) < 4.78 is 47.2. The Hall–Kier alpha value is -3.33. The molecule has 5 rings (SSSR count). The van der Waals surface area contributed by atoms with E-state index in [1.807, 2.05) is 32.0 Å². The second-order valence-electron chi connectivity index (χ2n) is 9.68. The van der Waals surface area contributed by atoms with Gasteiger partial charge in [0.15, 0.2) is 0 Å². The average molecular weight is 545 g/mol. The van der Waals surface area contributed by atoms with Gasteiger partial charge in [0.1, 0.15) is 5.69 Å². The summed E-state index contributed by atoms with van der Waals surface area (Å²) in [7, 11) is 0. The van der Waals surface area contributed by atoms with E-state index in [-0.39, 0.29) is 22.5 Å². The fraction of sp³-hybridized carbons (Fsp3) is 0.393. The molecule has 2 atom stereocenters. The molecule has 1 spiro atoms. The Bertz CT molecular complexity index is 1370. The highest BCUT2D eigenvalue weighted by Crippen LogP contribution is 2.47. The van der Waals surface area contributed by atoms with Crippen LogP contribution in [0.4, 0.5) is 18.9 Å². The monoisotopic (exact) mass is 544 g/mol.